The van der Waals surface area contributed by atoms with Gasteiger partial charge in [-0.05, 0) is 49.0 Å². The lowest BCUT2D eigenvalue weighted by Gasteiger charge is -2.30. The average molecular weight is 353 g/mol. The van der Waals surface area contributed by atoms with E-state index in [1.165, 1.54) is 0 Å². The van der Waals surface area contributed by atoms with Gasteiger partial charge in [0.2, 0.25) is 0 Å². The molecule has 0 radical (unpaired) electrons. The molecule has 2 aromatic carbocycles. The maximum atomic E-state index is 12.9. The smallest absolute Gasteiger partial charge is 0.255 e. The summed E-state index contributed by atoms with van der Waals surface area (Å²) in [6.07, 6.45) is 0. The molecule has 0 unspecified atom stereocenters. The van der Waals surface area contributed by atoms with Crippen LogP contribution in [0, 0.1) is 0 Å². The number of carbonyl (C=O) groups excluding carboxylic acids is 1. The van der Waals surface area contributed by atoms with Gasteiger partial charge in [0.25, 0.3) is 5.91 Å². The van der Waals surface area contributed by atoms with Crippen LogP contribution in [0.4, 0.5) is 5.69 Å². The van der Waals surface area contributed by atoms with E-state index in [1.54, 1.807) is 31.4 Å². The van der Waals surface area contributed by atoms with Gasteiger partial charge in [0, 0.05) is 11.4 Å². The SMILES string of the molecule is COc1ccc(NC(=O)C2=C(C)NC(=S)N[C@@H]2c2ccccc2)cc1. The molecule has 3 rings (SSSR count). The summed E-state index contributed by atoms with van der Waals surface area (Å²) in [7, 11) is 1.61. The molecule has 1 aliphatic rings. The standard InChI is InChI=1S/C19H19N3O2S/c1-12-16(18(23)21-14-8-10-15(24-2)11-9-14)17(22-19(25)20-12)13-6-4-3-5-7-13/h3-11,17H,1-2H3,(H,21,23)(H2,20,22,25)/t17-/m1/s1. The minimum absolute atomic E-state index is 0.181. The molecule has 128 valence electrons. The normalized spacial score (nSPS) is 16.7. The molecule has 5 nitrogen and oxygen atoms in total. The number of carbonyl (C=O) groups is 1. The fraction of sp³-hybridized carbons (Fsp3) is 0.158. The lowest BCUT2D eigenvalue weighted by molar-refractivity contribution is -0.113. The van der Waals surface area contributed by atoms with Crippen molar-refractivity contribution in [2.45, 2.75) is 13.0 Å². The Bertz CT molecular complexity index is 816. The quantitative estimate of drug-likeness (QED) is 0.737. The van der Waals surface area contributed by atoms with Crippen LogP contribution in [0.5, 0.6) is 5.75 Å². The highest BCUT2D eigenvalue weighted by atomic mass is 32.1. The van der Waals surface area contributed by atoms with E-state index in [1.807, 2.05) is 37.3 Å². The number of thiocarbonyl (C=S) groups is 1. The van der Waals surface area contributed by atoms with Crippen LogP contribution in [-0.2, 0) is 4.79 Å². The van der Waals surface area contributed by atoms with Crippen LogP contribution in [0.15, 0.2) is 65.9 Å². The van der Waals surface area contributed by atoms with E-state index >= 15 is 0 Å². The van der Waals surface area contributed by atoms with Crippen molar-refractivity contribution in [1.29, 1.82) is 0 Å². The van der Waals surface area contributed by atoms with Crippen molar-refractivity contribution in [3.05, 3.63) is 71.4 Å². The van der Waals surface area contributed by atoms with Crippen molar-refractivity contribution in [3.63, 3.8) is 0 Å². The van der Waals surface area contributed by atoms with Crippen molar-refractivity contribution in [1.82, 2.24) is 10.6 Å². The zero-order chi connectivity index (χ0) is 17.8. The minimum Gasteiger partial charge on any atom is -0.497 e. The number of anilines is 1. The van der Waals surface area contributed by atoms with E-state index in [0.717, 1.165) is 17.0 Å². The first-order chi connectivity index (χ1) is 12.1. The van der Waals surface area contributed by atoms with Crippen LogP contribution in [0.1, 0.15) is 18.5 Å². The van der Waals surface area contributed by atoms with Gasteiger partial charge in [0.15, 0.2) is 5.11 Å². The monoisotopic (exact) mass is 353 g/mol. The highest BCUT2D eigenvalue weighted by Crippen LogP contribution is 2.27. The third kappa shape index (κ3) is 3.80. The molecule has 0 aromatic heterocycles. The summed E-state index contributed by atoms with van der Waals surface area (Å²) < 4.78 is 5.14. The molecule has 0 saturated carbocycles. The summed E-state index contributed by atoms with van der Waals surface area (Å²) in [4.78, 5) is 12.9. The van der Waals surface area contributed by atoms with Gasteiger partial charge < -0.3 is 20.7 Å². The molecule has 1 aliphatic heterocycles. The number of rotatable bonds is 4. The molecule has 2 aromatic rings. The van der Waals surface area contributed by atoms with E-state index < -0.39 is 0 Å². The Morgan fingerprint density at radius 3 is 2.44 bits per heavy atom. The summed E-state index contributed by atoms with van der Waals surface area (Å²) in [5, 5.41) is 9.65. The zero-order valence-electron chi connectivity index (χ0n) is 14.0. The van der Waals surface area contributed by atoms with Crippen LogP contribution in [0.3, 0.4) is 0 Å². The molecule has 0 fully saturated rings. The molecular weight excluding hydrogens is 334 g/mol. The number of benzene rings is 2. The van der Waals surface area contributed by atoms with E-state index in [4.69, 9.17) is 17.0 Å². The van der Waals surface area contributed by atoms with Gasteiger partial charge in [0.05, 0.1) is 18.7 Å². The van der Waals surface area contributed by atoms with E-state index in [2.05, 4.69) is 16.0 Å². The van der Waals surface area contributed by atoms with Crippen LogP contribution in [0.2, 0.25) is 0 Å². The van der Waals surface area contributed by atoms with Crippen molar-refractivity contribution in [2.24, 2.45) is 0 Å². The second-order valence-corrected chi connectivity index (χ2v) is 6.07. The lowest BCUT2D eigenvalue weighted by atomic mass is 9.95. The average Bonchev–Trinajstić information content (AvgIpc) is 2.62. The highest BCUT2D eigenvalue weighted by Gasteiger charge is 2.29. The summed E-state index contributed by atoms with van der Waals surface area (Å²) >= 11 is 5.25. The van der Waals surface area contributed by atoms with Crippen molar-refractivity contribution in [2.75, 3.05) is 12.4 Å². The first-order valence-electron chi connectivity index (χ1n) is 7.87. The van der Waals surface area contributed by atoms with Gasteiger partial charge in [-0.3, -0.25) is 4.79 Å². The molecule has 0 aliphatic carbocycles. The Hall–Kier alpha value is -2.86. The van der Waals surface area contributed by atoms with Crippen LogP contribution in [-0.4, -0.2) is 18.1 Å². The maximum absolute atomic E-state index is 12.9. The summed E-state index contributed by atoms with van der Waals surface area (Å²) in [5.41, 5.74) is 3.02. The third-order valence-corrected chi connectivity index (χ3v) is 4.21. The van der Waals surface area contributed by atoms with Crippen molar-refractivity contribution in [3.8, 4) is 5.75 Å². The van der Waals surface area contributed by atoms with Gasteiger partial charge in [0.1, 0.15) is 5.75 Å². The van der Waals surface area contributed by atoms with Gasteiger partial charge in [-0.25, -0.2) is 0 Å². The molecule has 3 N–H and O–H groups in total. The molecule has 25 heavy (non-hydrogen) atoms. The first kappa shape index (κ1) is 17.0. The predicted molar refractivity (Wildman–Crippen MR) is 102 cm³/mol. The predicted octanol–water partition coefficient (Wildman–Crippen LogP) is 3.13. The Balaban J connectivity index is 1.89. The Morgan fingerprint density at radius 2 is 1.80 bits per heavy atom. The molecule has 0 spiro atoms. The first-order valence-corrected chi connectivity index (χ1v) is 8.28. The van der Waals surface area contributed by atoms with Gasteiger partial charge in [-0.2, -0.15) is 0 Å². The number of nitrogens with one attached hydrogen (secondary N) is 3. The fourth-order valence-corrected chi connectivity index (χ4v) is 3.03. The number of amides is 1. The molecule has 1 amide bonds. The Morgan fingerprint density at radius 1 is 1.12 bits per heavy atom. The summed E-state index contributed by atoms with van der Waals surface area (Å²) in [5.74, 6) is 0.556. The number of ether oxygens (including phenoxy) is 1. The summed E-state index contributed by atoms with van der Waals surface area (Å²) in [6, 6.07) is 16.7. The topological polar surface area (TPSA) is 62.4 Å². The lowest BCUT2D eigenvalue weighted by Crippen LogP contribution is -2.45. The molecule has 6 heteroatoms. The Kier molecular flexibility index (Phi) is 5.00. The van der Waals surface area contributed by atoms with Gasteiger partial charge in [-0.1, -0.05) is 30.3 Å². The van der Waals surface area contributed by atoms with E-state index in [0.29, 0.717) is 16.4 Å². The van der Waals surface area contributed by atoms with Crippen LogP contribution in [0.25, 0.3) is 0 Å². The molecule has 1 heterocycles. The Labute approximate surface area is 152 Å². The third-order valence-electron chi connectivity index (χ3n) is 3.99. The molecular formula is C19H19N3O2S. The number of hydrogen-bond donors (Lipinski definition) is 3. The van der Waals surface area contributed by atoms with E-state index in [-0.39, 0.29) is 11.9 Å². The number of hydrogen-bond acceptors (Lipinski definition) is 3. The van der Waals surface area contributed by atoms with Crippen LogP contribution < -0.4 is 20.7 Å². The number of methoxy groups -OCH3 is 1. The summed E-state index contributed by atoms with van der Waals surface area (Å²) in [6.45, 7) is 1.85. The zero-order valence-corrected chi connectivity index (χ0v) is 14.8. The van der Waals surface area contributed by atoms with E-state index in [9.17, 15) is 4.79 Å². The minimum atomic E-state index is -0.298. The second-order valence-electron chi connectivity index (χ2n) is 5.66. The van der Waals surface area contributed by atoms with Crippen molar-refractivity contribution < 1.29 is 9.53 Å². The number of allylic oxidation sites excluding steroid dienone is 1. The molecule has 1 atom stereocenters. The van der Waals surface area contributed by atoms with Gasteiger partial charge in [-0.15, -0.1) is 0 Å². The molecule has 0 saturated heterocycles. The van der Waals surface area contributed by atoms with Gasteiger partial charge >= 0.3 is 0 Å². The maximum Gasteiger partial charge on any atom is 0.255 e. The highest BCUT2D eigenvalue weighted by molar-refractivity contribution is 7.80. The van der Waals surface area contributed by atoms with Crippen molar-refractivity contribution >= 4 is 28.9 Å². The molecule has 0 bridgehead atoms. The fourth-order valence-electron chi connectivity index (χ4n) is 2.76. The second kappa shape index (κ2) is 7.36. The largest absolute Gasteiger partial charge is 0.497 e. The van der Waals surface area contributed by atoms with Crippen LogP contribution >= 0.6 is 12.2 Å².